The Morgan fingerprint density at radius 1 is 1.53 bits per heavy atom. The summed E-state index contributed by atoms with van der Waals surface area (Å²) in [6.45, 7) is 5.23. The third kappa shape index (κ3) is 3.40. The van der Waals surface area contributed by atoms with Crippen LogP contribution in [0.2, 0.25) is 0 Å². The summed E-state index contributed by atoms with van der Waals surface area (Å²) in [4.78, 5) is 14.3. The van der Waals surface area contributed by atoms with Crippen molar-refractivity contribution in [1.82, 2.24) is 15.5 Å². The van der Waals surface area contributed by atoms with E-state index in [2.05, 4.69) is 29.5 Å². The molecule has 0 spiro atoms. The molecule has 17 heavy (non-hydrogen) atoms. The summed E-state index contributed by atoms with van der Waals surface area (Å²) in [5, 5.41) is 6.31. The average Bonchev–Trinajstić information content (AvgIpc) is 2.35. The van der Waals surface area contributed by atoms with E-state index in [1.54, 1.807) is 0 Å². The first-order chi connectivity index (χ1) is 8.16. The Kier molecular flexibility index (Phi) is 4.36. The molecule has 5 heteroatoms. The normalized spacial score (nSPS) is 35.5. The third-order valence-corrected chi connectivity index (χ3v) is 3.79. The average molecular weight is 241 g/mol. The predicted molar refractivity (Wildman–Crippen MR) is 65.9 cm³/mol. The minimum absolute atomic E-state index is 0.0893. The van der Waals surface area contributed by atoms with Crippen molar-refractivity contribution < 1.29 is 9.53 Å². The van der Waals surface area contributed by atoms with Crippen molar-refractivity contribution in [2.75, 3.05) is 33.4 Å². The number of nitrogens with zero attached hydrogens (tertiary/aromatic N) is 1. The van der Waals surface area contributed by atoms with Gasteiger partial charge < -0.3 is 20.3 Å². The first-order valence-corrected chi connectivity index (χ1v) is 6.48. The molecule has 98 valence electrons. The van der Waals surface area contributed by atoms with Gasteiger partial charge in [0, 0.05) is 25.2 Å². The van der Waals surface area contributed by atoms with Gasteiger partial charge in [-0.2, -0.15) is 0 Å². The van der Waals surface area contributed by atoms with Crippen LogP contribution in [-0.2, 0) is 9.53 Å². The van der Waals surface area contributed by atoms with Crippen LogP contribution >= 0.6 is 0 Å². The number of morpholine rings is 1. The zero-order valence-corrected chi connectivity index (χ0v) is 10.7. The van der Waals surface area contributed by atoms with Crippen LogP contribution in [0.15, 0.2) is 0 Å². The van der Waals surface area contributed by atoms with Gasteiger partial charge in [0.2, 0.25) is 5.91 Å². The van der Waals surface area contributed by atoms with Gasteiger partial charge in [-0.25, -0.2) is 0 Å². The van der Waals surface area contributed by atoms with Gasteiger partial charge in [-0.15, -0.1) is 0 Å². The number of hydrogen-bond acceptors (Lipinski definition) is 4. The summed E-state index contributed by atoms with van der Waals surface area (Å²) in [6.07, 6.45) is 2.08. The fourth-order valence-electron chi connectivity index (χ4n) is 2.46. The first kappa shape index (κ1) is 12.8. The van der Waals surface area contributed by atoms with Crippen molar-refractivity contribution in [1.29, 1.82) is 0 Å². The zero-order chi connectivity index (χ0) is 12.3. The molecule has 2 saturated heterocycles. The van der Waals surface area contributed by atoms with Crippen molar-refractivity contribution in [3.63, 3.8) is 0 Å². The summed E-state index contributed by atoms with van der Waals surface area (Å²) in [6, 6.07) is 0.695. The number of rotatable bonds is 2. The van der Waals surface area contributed by atoms with Crippen LogP contribution < -0.4 is 10.6 Å². The molecular weight excluding hydrogens is 218 g/mol. The van der Waals surface area contributed by atoms with E-state index in [1.807, 2.05) is 0 Å². The second-order valence-electron chi connectivity index (χ2n) is 5.14. The molecule has 1 amide bonds. The van der Waals surface area contributed by atoms with Crippen LogP contribution in [0.5, 0.6) is 0 Å². The molecular formula is C12H23N3O2. The Balaban J connectivity index is 1.78. The minimum atomic E-state index is -0.168. The predicted octanol–water partition coefficient (Wildman–Crippen LogP) is -0.426. The fraction of sp³-hybridized carbons (Fsp3) is 0.917. The van der Waals surface area contributed by atoms with E-state index in [0.717, 1.165) is 25.9 Å². The van der Waals surface area contributed by atoms with Crippen molar-refractivity contribution in [2.24, 2.45) is 0 Å². The maximum absolute atomic E-state index is 12.0. The Labute approximate surface area is 103 Å². The van der Waals surface area contributed by atoms with Gasteiger partial charge in [0.1, 0.15) is 6.04 Å². The molecule has 2 heterocycles. The third-order valence-electron chi connectivity index (χ3n) is 3.79. The largest absolute Gasteiger partial charge is 0.378 e. The highest BCUT2D eigenvalue weighted by atomic mass is 16.5. The molecule has 2 rings (SSSR count). The highest BCUT2D eigenvalue weighted by Crippen LogP contribution is 2.15. The molecule has 0 radical (unpaired) electrons. The number of nitrogens with one attached hydrogen (secondary N) is 2. The topological polar surface area (TPSA) is 53.6 Å². The lowest BCUT2D eigenvalue weighted by atomic mass is 9.98. The van der Waals surface area contributed by atoms with Gasteiger partial charge in [0.25, 0.3) is 0 Å². The smallest absolute Gasteiger partial charge is 0.239 e. The Morgan fingerprint density at radius 2 is 2.35 bits per heavy atom. The number of ether oxygens (including phenoxy) is 1. The maximum Gasteiger partial charge on any atom is 0.239 e. The lowest BCUT2D eigenvalue weighted by Crippen LogP contribution is -2.55. The number of carbonyl (C=O) groups is 1. The Hall–Kier alpha value is -0.650. The highest BCUT2D eigenvalue weighted by molar-refractivity contribution is 5.82. The Bertz CT molecular complexity index is 266. The lowest BCUT2D eigenvalue weighted by molar-refractivity contribution is -0.127. The fourth-order valence-corrected chi connectivity index (χ4v) is 2.46. The van der Waals surface area contributed by atoms with Crippen LogP contribution in [0, 0.1) is 0 Å². The van der Waals surface area contributed by atoms with E-state index in [-0.39, 0.29) is 11.9 Å². The molecule has 0 aromatic carbocycles. The molecule has 0 aromatic heterocycles. The van der Waals surface area contributed by atoms with Crippen LogP contribution in [0.1, 0.15) is 19.8 Å². The van der Waals surface area contributed by atoms with Crippen LogP contribution in [-0.4, -0.2) is 62.3 Å². The van der Waals surface area contributed by atoms with Crippen molar-refractivity contribution in [2.45, 2.75) is 37.9 Å². The van der Waals surface area contributed by atoms with Gasteiger partial charge in [-0.1, -0.05) is 0 Å². The first-order valence-electron chi connectivity index (χ1n) is 6.48. The van der Waals surface area contributed by atoms with Gasteiger partial charge in [0.15, 0.2) is 0 Å². The van der Waals surface area contributed by atoms with Crippen molar-refractivity contribution >= 4 is 5.91 Å². The Morgan fingerprint density at radius 3 is 3.00 bits per heavy atom. The molecule has 2 N–H and O–H groups in total. The number of amides is 1. The van der Waals surface area contributed by atoms with Crippen molar-refractivity contribution in [3.05, 3.63) is 0 Å². The molecule has 0 aromatic rings. The summed E-state index contributed by atoms with van der Waals surface area (Å²) in [5.41, 5.74) is 0. The molecule has 2 aliphatic rings. The van der Waals surface area contributed by atoms with E-state index in [9.17, 15) is 4.79 Å². The number of likely N-dealkylation sites (tertiary alicyclic amines) is 1. The quantitative estimate of drug-likeness (QED) is 0.689. The van der Waals surface area contributed by atoms with Crippen LogP contribution in [0.4, 0.5) is 0 Å². The van der Waals surface area contributed by atoms with E-state index < -0.39 is 0 Å². The minimum Gasteiger partial charge on any atom is -0.378 e. The summed E-state index contributed by atoms with van der Waals surface area (Å²) in [5.74, 6) is 0.0893. The highest BCUT2D eigenvalue weighted by Gasteiger charge is 2.27. The molecule has 3 atom stereocenters. The van der Waals surface area contributed by atoms with E-state index in [1.165, 1.54) is 0 Å². The van der Waals surface area contributed by atoms with Crippen LogP contribution in [0.3, 0.4) is 0 Å². The molecule has 3 unspecified atom stereocenters. The lowest BCUT2D eigenvalue weighted by Gasteiger charge is -2.36. The molecule has 2 aliphatic heterocycles. The van der Waals surface area contributed by atoms with E-state index in [4.69, 9.17) is 4.74 Å². The molecule has 2 fully saturated rings. The van der Waals surface area contributed by atoms with Crippen LogP contribution in [0.25, 0.3) is 0 Å². The molecule has 0 aliphatic carbocycles. The number of piperidine rings is 1. The van der Waals surface area contributed by atoms with Gasteiger partial charge in [-0.05, 0) is 26.8 Å². The van der Waals surface area contributed by atoms with Gasteiger partial charge >= 0.3 is 0 Å². The number of hydrogen-bond donors (Lipinski definition) is 2. The number of carbonyl (C=O) groups excluding carboxylic acids is 1. The molecule has 0 saturated carbocycles. The molecule has 5 nitrogen and oxygen atoms in total. The van der Waals surface area contributed by atoms with E-state index >= 15 is 0 Å². The maximum atomic E-state index is 12.0. The SMILES string of the molecule is CC1CC(NC(=O)C2COCCN2)CCN1C. The second-order valence-corrected chi connectivity index (χ2v) is 5.14. The summed E-state index contributed by atoms with van der Waals surface area (Å²) >= 11 is 0. The monoisotopic (exact) mass is 241 g/mol. The second kappa shape index (κ2) is 5.80. The zero-order valence-electron chi connectivity index (χ0n) is 10.7. The van der Waals surface area contributed by atoms with E-state index in [0.29, 0.717) is 25.3 Å². The van der Waals surface area contributed by atoms with Gasteiger partial charge in [-0.3, -0.25) is 4.79 Å². The summed E-state index contributed by atoms with van der Waals surface area (Å²) < 4.78 is 5.30. The molecule has 0 bridgehead atoms. The van der Waals surface area contributed by atoms with Gasteiger partial charge in [0.05, 0.1) is 13.2 Å². The standard InChI is InChI=1S/C12H23N3O2/c1-9-7-10(3-5-15(9)2)14-12(16)11-8-17-6-4-13-11/h9-11,13H,3-8H2,1-2H3,(H,14,16). The van der Waals surface area contributed by atoms with Crippen molar-refractivity contribution in [3.8, 4) is 0 Å². The summed E-state index contributed by atoms with van der Waals surface area (Å²) in [7, 11) is 2.14.